The van der Waals surface area contributed by atoms with E-state index >= 15 is 0 Å². The van der Waals surface area contributed by atoms with Gasteiger partial charge in [-0.3, -0.25) is 4.90 Å². The Morgan fingerprint density at radius 1 is 1.19 bits per heavy atom. The highest BCUT2D eigenvalue weighted by atomic mass is 15.2. The minimum atomic E-state index is 0.759. The van der Waals surface area contributed by atoms with Gasteiger partial charge in [-0.05, 0) is 31.2 Å². The van der Waals surface area contributed by atoms with Gasteiger partial charge >= 0.3 is 0 Å². The molecule has 0 amide bonds. The predicted octanol–water partition coefficient (Wildman–Crippen LogP) is 2.74. The maximum Gasteiger partial charge on any atom is 0.0220 e. The Hall–Kier alpha value is -0.0800. The van der Waals surface area contributed by atoms with Crippen LogP contribution < -0.4 is 5.32 Å². The Morgan fingerprint density at radius 3 is 2.31 bits per heavy atom. The van der Waals surface area contributed by atoms with Gasteiger partial charge in [-0.1, -0.05) is 34.1 Å². The average molecular weight is 226 g/mol. The second kappa shape index (κ2) is 7.29. The van der Waals surface area contributed by atoms with E-state index in [-0.39, 0.29) is 0 Å². The van der Waals surface area contributed by atoms with Gasteiger partial charge in [0.15, 0.2) is 0 Å². The van der Waals surface area contributed by atoms with Crippen LogP contribution in [0, 0.1) is 11.8 Å². The summed E-state index contributed by atoms with van der Waals surface area (Å²) in [6, 6.07) is 0.759. The van der Waals surface area contributed by atoms with Crippen LogP contribution in [0.3, 0.4) is 0 Å². The minimum Gasteiger partial charge on any atom is -0.315 e. The third kappa shape index (κ3) is 4.42. The molecule has 3 unspecified atom stereocenters. The van der Waals surface area contributed by atoms with Crippen LogP contribution in [0.15, 0.2) is 0 Å². The van der Waals surface area contributed by atoms with E-state index in [0.29, 0.717) is 0 Å². The molecule has 1 N–H and O–H groups in total. The Bertz CT molecular complexity index is 172. The first-order chi connectivity index (χ1) is 7.67. The molecule has 0 spiro atoms. The molecule has 1 heterocycles. The van der Waals surface area contributed by atoms with Crippen LogP contribution in [0.25, 0.3) is 0 Å². The van der Waals surface area contributed by atoms with E-state index in [2.05, 4.69) is 37.9 Å². The number of hydrogen-bond donors (Lipinski definition) is 1. The van der Waals surface area contributed by atoms with Crippen molar-refractivity contribution in [3.8, 4) is 0 Å². The van der Waals surface area contributed by atoms with E-state index < -0.39 is 0 Å². The molecule has 3 atom stereocenters. The molecule has 2 heteroatoms. The third-order valence-electron chi connectivity index (χ3n) is 3.67. The molecule has 1 aliphatic rings. The van der Waals surface area contributed by atoms with Crippen LogP contribution in [0.1, 0.15) is 47.0 Å². The fourth-order valence-electron chi connectivity index (χ4n) is 3.07. The Kier molecular flexibility index (Phi) is 6.37. The number of hydrogen-bond acceptors (Lipinski definition) is 2. The third-order valence-corrected chi connectivity index (χ3v) is 3.67. The van der Waals surface area contributed by atoms with Gasteiger partial charge in [-0.2, -0.15) is 0 Å². The summed E-state index contributed by atoms with van der Waals surface area (Å²) in [6.45, 7) is 14.2. The number of piperidine rings is 1. The summed E-state index contributed by atoms with van der Waals surface area (Å²) in [5.74, 6) is 1.76. The molecule has 1 rings (SSSR count). The fourth-order valence-corrected chi connectivity index (χ4v) is 3.07. The van der Waals surface area contributed by atoms with Gasteiger partial charge < -0.3 is 5.32 Å². The number of likely N-dealkylation sites (tertiary alicyclic amines) is 1. The summed E-state index contributed by atoms with van der Waals surface area (Å²) in [6.07, 6.45) is 4.05. The highest BCUT2D eigenvalue weighted by Gasteiger charge is 2.26. The zero-order chi connectivity index (χ0) is 12.0. The number of nitrogens with one attached hydrogen (secondary N) is 1. The monoisotopic (exact) mass is 226 g/mol. The van der Waals surface area contributed by atoms with Crippen molar-refractivity contribution >= 4 is 0 Å². The molecular weight excluding hydrogens is 196 g/mol. The topological polar surface area (TPSA) is 15.3 Å². The van der Waals surface area contributed by atoms with E-state index in [1.54, 1.807) is 0 Å². The van der Waals surface area contributed by atoms with Crippen molar-refractivity contribution in [1.82, 2.24) is 10.2 Å². The predicted molar refractivity (Wildman–Crippen MR) is 71.8 cm³/mol. The van der Waals surface area contributed by atoms with Crippen LogP contribution in [0.5, 0.6) is 0 Å². The summed E-state index contributed by atoms with van der Waals surface area (Å²) in [7, 11) is 0. The number of rotatable bonds is 6. The van der Waals surface area contributed by atoms with Gasteiger partial charge in [0.1, 0.15) is 0 Å². The summed E-state index contributed by atoms with van der Waals surface area (Å²) in [5, 5.41) is 3.52. The summed E-state index contributed by atoms with van der Waals surface area (Å²) < 4.78 is 0. The Balaban J connectivity index is 2.47. The van der Waals surface area contributed by atoms with Crippen molar-refractivity contribution in [2.75, 3.05) is 26.2 Å². The van der Waals surface area contributed by atoms with Crippen molar-refractivity contribution in [3.63, 3.8) is 0 Å². The second-order valence-corrected chi connectivity index (χ2v) is 5.65. The quantitative estimate of drug-likeness (QED) is 0.749. The molecule has 0 bridgehead atoms. The van der Waals surface area contributed by atoms with E-state index in [1.807, 2.05) is 0 Å². The first-order valence-corrected chi connectivity index (χ1v) is 7.12. The molecule has 1 fully saturated rings. The molecule has 1 saturated heterocycles. The lowest BCUT2D eigenvalue weighted by Crippen LogP contribution is -2.49. The molecule has 0 aromatic heterocycles. The lowest BCUT2D eigenvalue weighted by atomic mass is 9.90. The SMILES string of the molecule is CCCC(CNCC)N1CC(C)CC(C)C1. The summed E-state index contributed by atoms with van der Waals surface area (Å²) in [4.78, 5) is 2.73. The van der Waals surface area contributed by atoms with E-state index in [9.17, 15) is 0 Å². The maximum absolute atomic E-state index is 3.52. The Labute approximate surface area is 102 Å². The van der Waals surface area contributed by atoms with Crippen molar-refractivity contribution < 1.29 is 0 Å². The highest BCUT2D eigenvalue weighted by Crippen LogP contribution is 2.23. The van der Waals surface area contributed by atoms with Gasteiger partial charge in [0.05, 0.1) is 0 Å². The van der Waals surface area contributed by atoms with Gasteiger partial charge in [0.2, 0.25) is 0 Å². The maximum atomic E-state index is 3.52. The molecule has 1 aliphatic heterocycles. The van der Waals surface area contributed by atoms with Crippen LogP contribution in [-0.2, 0) is 0 Å². The average Bonchev–Trinajstić information content (AvgIpc) is 2.22. The van der Waals surface area contributed by atoms with E-state index in [0.717, 1.165) is 24.4 Å². The molecule has 0 radical (unpaired) electrons. The lowest BCUT2D eigenvalue weighted by Gasteiger charge is -2.40. The first kappa shape index (κ1) is 14.0. The van der Waals surface area contributed by atoms with Crippen LogP contribution in [0.4, 0.5) is 0 Å². The standard InChI is InChI=1S/C14H30N2/c1-5-7-14(9-15-6-2)16-10-12(3)8-13(4)11-16/h12-15H,5-11H2,1-4H3. The van der Waals surface area contributed by atoms with Crippen LogP contribution in [0.2, 0.25) is 0 Å². The van der Waals surface area contributed by atoms with Gasteiger partial charge in [0, 0.05) is 25.7 Å². The van der Waals surface area contributed by atoms with Gasteiger partial charge in [0.25, 0.3) is 0 Å². The fraction of sp³-hybridized carbons (Fsp3) is 1.00. The zero-order valence-corrected chi connectivity index (χ0v) is 11.6. The second-order valence-electron chi connectivity index (χ2n) is 5.65. The first-order valence-electron chi connectivity index (χ1n) is 7.12. The molecule has 96 valence electrons. The zero-order valence-electron chi connectivity index (χ0n) is 11.6. The minimum absolute atomic E-state index is 0.759. The van der Waals surface area contributed by atoms with Crippen molar-refractivity contribution in [3.05, 3.63) is 0 Å². The molecule has 0 aromatic carbocycles. The molecule has 0 aliphatic carbocycles. The highest BCUT2D eigenvalue weighted by molar-refractivity contribution is 4.81. The molecular formula is C14H30N2. The van der Waals surface area contributed by atoms with Gasteiger partial charge in [-0.25, -0.2) is 0 Å². The van der Waals surface area contributed by atoms with Crippen molar-refractivity contribution in [1.29, 1.82) is 0 Å². The van der Waals surface area contributed by atoms with Gasteiger partial charge in [-0.15, -0.1) is 0 Å². The smallest absolute Gasteiger partial charge is 0.0220 e. The number of likely N-dealkylation sites (N-methyl/N-ethyl adjacent to an activating group) is 1. The van der Waals surface area contributed by atoms with E-state index in [1.165, 1.54) is 38.9 Å². The molecule has 0 aromatic rings. The molecule has 2 nitrogen and oxygen atoms in total. The summed E-state index contributed by atoms with van der Waals surface area (Å²) >= 11 is 0. The van der Waals surface area contributed by atoms with Crippen molar-refractivity contribution in [2.24, 2.45) is 11.8 Å². The molecule has 16 heavy (non-hydrogen) atoms. The Morgan fingerprint density at radius 2 is 1.81 bits per heavy atom. The summed E-state index contributed by atoms with van der Waals surface area (Å²) in [5.41, 5.74) is 0. The van der Waals surface area contributed by atoms with E-state index in [4.69, 9.17) is 0 Å². The lowest BCUT2D eigenvalue weighted by molar-refractivity contribution is 0.0898. The van der Waals surface area contributed by atoms with Crippen LogP contribution >= 0.6 is 0 Å². The number of nitrogens with zero attached hydrogens (tertiary/aromatic N) is 1. The normalized spacial score (nSPS) is 29.2. The van der Waals surface area contributed by atoms with Crippen LogP contribution in [-0.4, -0.2) is 37.1 Å². The largest absolute Gasteiger partial charge is 0.315 e. The molecule has 0 saturated carbocycles. The van der Waals surface area contributed by atoms with Crippen molar-refractivity contribution in [2.45, 2.75) is 53.0 Å².